The van der Waals surface area contributed by atoms with Crippen LogP contribution in [0.4, 0.5) is 0 Å². The first kappa shape index (κ1) is 22.6. The summed E-state index contributed by atoms with van der Waals surface area (Å²) in [6.07, 6.45) is -0.620. The summed E-state index contributed by atoms with van der Waals surface area (Å²) >= 11 is 15.3. The predicted molar refractivity (Wildman–Crippen MR) is 124 cm³/mol. The Labute approximate surface area is 199 Å². The number of carbonyl (C=O) groups is 2. The summed E-state index contributed by atoms with van der Waals surface area (Å²) < 4.78 is 0.693. The van der Waals surface area contributed by atoms with Gasteiger partial charge in [0.05, 0.1) is 17.2 Å². The Morgan fingerprint density at radius 2 is 1.48 bits per heavy atom. The van der Waals surface area contributed by atoms with E-state index in [9.17, 15) is 14.7 Å². The molecule has 31 heavy (non-hydrogen) atoms. The topological polar surface area (TPSA) is 64.1 Å². The summed E-state index contributed by atoms with van der Waals surface area (Å²) in [5.41, 5.74) is 1.15. The molecule has 2 amide bonds. The van der Waals surface area contributed by atoms with Crippen LogP contribution in [0.3, 0.4) is 0 Å². The van der Waals surface area contributed by atoms with Crippen LogP contribution in [0.1, 0.15) is 20.7 Å². The van der Waals surface area contributed by atoms with E-state index in [1.54, 1.807) is 47.4 Å². The minimum Gasteiger partial charge on any atom is -0.390 e. The van der Waals surface area contributed by atoms with E-state index in [1.807, 2.05) is 4.90 Å². The van der Waals surface area contributed by atoms with Crippen LogP contribution in [0.2, 0.25) is 10.0 Å². The third-order valence-corrected chi connectivity index (χ3v) is 7.34. The molecule has 0 bridgehead atoms. The number of β-amino-alcohol motifs (C(OH)–C–C–N with tert-alkyl or cyclic N) is 1. The van der Waals surface area contributed by atoms with Gasteiger partial charge in [-0.15, -0.1) is 0 Å². The van der Waals surface area contributed by atoms with Gasteiger partial charge in [0, 0.05) is 59.9 Å². The fourth-order valence-electron chi connectivity index (χ4n) is 4.14. The highest BCUT2D eigenvalue weighted by Gasteiger charge is 2.39. The highest BCUT2D eigenvalue weighted by molar-refractivity contribution is 9.10. The smallest absolute Gasteiger partial charge is 0.253 e. The Morgan fingerprint density at radius 3 is 2.13 bits per heavy atom. The number of aliphatic hydroxyl groups excluding tert-OH is 1. The number of amides is 2. The van der Waals surface area contributed by atoms with Crippen molar-refractivity contribution < 1.29 is 14.7 Å². The second kappa shape index (κ2) is 9.46. The Kier molecular flexibility index (Phi) is 6.89. The van der Waals surface area contributed by atoms with Crippen LogP contribution in [-0.4, -0.2) is 83.0 Å². The molecule has 4 rings (SSSR count). The summed E-state index contributed by atoms with van der Waals surface area (Å²) in [5.74, 6) is -0.149. The van der Waals surface area contributed by atoms with Crippen molar-refractivity contribution in [2.45, 2.75) is 12.1 Å². The van der Waals surface area contributed by atoms with Crippen LogP contribution >= 0.6 is 39.1 Å². The first-order valence-electron chi connectivity index (χ1n) is 10.0. The molecule has 2 atom stereocenters. The van der Waals surface area contributed by atoms with Crippen molar-refractivity contribution in [3.05, 3.63) is 68.1 Å². The van der Waals surface area contributed by atoms with Crippen molar-refractivity contribution in [3.8, 4) is 0 Å². The van der Waals surface area contributed by atoms with Gasteiger partial charge in [-0.3, -0.25) is 14.5 Å². The van der Waals surface area contributed by atoms with Crippen LogP contribution in [0.25, 0.3) is 0 Å². The molecule has 0 spiro atoms. The zero-order valence-electron chi connectivity index (χ0n) is 16.7. The molecule has 2 saturated heterocycles. The summed E-state index contributed by atoms with van der Waals surface area (Å²) in [7, 11) is 0. The zero-order valence-corrected chi connectivity index (χ0v) is 19.8. The zero-order chi connectivity index (χ0) is 22.1. The van der Waals surface area contributed by atoms with Crippen LogP contribution in [0.5, 0.6) is 0 Å². The molecule has 9 heteroatoms. The van der Waals surface area contributed by atoms with Gasteiger partial charge in [-0.05, 0) is 58.4 Å². The van der Waals surface area contributed by atoms with E-state index < -0.39 is 6.10 Å². The minimum absolute atomic E-state index is 0.0384. The number of hydrogen-bond donors (Lipinski definition) is 1. The maximum atomic E-state index is 12.8. The normalized spacial score (nSPS) is 22.1. The third kappa shape index (κ3) is 4.91. The van der Waals surface area contributed by atoms with Crippen LogP contribution in [0, 0.1) is 0 Å². The third-order valence-electron chi connectivity index (χ3n) is 5.87. The number of rotatable bonds is 3. The Balaban J connectivity index is 1.35. The standard InChI is InChI=1S/C22H22BrCl2N3O3/c23-17-11-15(3-6-18(17)25)22(31)27-9-7-26(8-10-27)19-12-28(13-20(19)29)21(30)14-1-4-16(24)5-2-14/h1-6,11,19-20,29H,7-10,12-13H2. The number of aliphatic hydroxyl groups is 1. The molecule has 2 aromatic rings. The first-order valence-corrected chi connectivity index (χ1v) is 11.6. The first-order chi connectivity index (χ1) is 14.8. The highest BCUT2D eigenvalue weighted by Crippen LogP contribution is 2.25. The molecule has 164 valence electrons. The Hall–Kier alpha value is -1.64. The van der Waals surface area contributed by atoms with Gasteiger partial charge in [-0.25, -0.2) is 0 Å². The van der Waals surface area contributed by atoms with E-state index in [2.05, 4.69) is 20.8 Å². The average molecular weight is 527 g/mol. The van der Waals surface area contributed by atoms with Crippen molar-refractivity contribution in [3.63, 3.8) is 0 Å². The van der Waals surface area contributed by atoms with Gasteiger partial charge in [0.1, 0.15) is 0 Å². The lowest BCUT2D eigenvalue weighted by molar-refractivity contribution is 0.0376. The molecule has 2 heterocycles. The van der Waals surface area contributed by atoms with Crippen molar-refractivity contribution in [2.24, 2.45) is 0 Å². The maximum absolute atomic E-state index is 12.8. The lowest BCUT2D eigenvalue weighted by Crippen LogP contribution is -2.54. The molecule has 2 unspecified atom stereocenters. The fourth-order valence-corrected chi connectivity index (χ4v) is 4.76. The second-order valence-electron chi connectivity index (χ2n) is 7.81. The number of benzene rings is 2. The second-order valence-corrected chi connectivity index (χ2v) is 9.51. The van der Waals surface area contributed by atoms with E-state index in [0.29, 0.717) is 64.9 Å². The van der Waals surface area contributed by atoms with Crippen molar-refractivity contribution in [1.82, 2.24) is 14.7 Å². The molecule has 6 nitrogen and oxygen atoms in total. The highest BCUT2D eigenvalue weighted by atomic mass is 79.9. The summed E-state index contributed by atoms with van der Waals surface area (Å²) in [4.78, 5) is 31.2. The molecule has 2 aliphatic rings. The molecule has 2 fully saturated rings. The van der Waals surface area contributed by atoms with Gasteiger partial charge >= 0.3 is 0 Å². The summed E-state index contributed by atoms with van der Waals surface area (Å²) in [6.45, 7) is 3.17. The monoisotopic (exact) mass is 525 g/mol. The molecule has 2 aromatic carbocycles. The summed E-state index contributed by atoms with van der Waals surface area (Å²) in [5, 5.41) is 11.7. The SMILES string of the molecule is O=C(c1ccc(Cl)c(Br)c1)N1CCN(C2CN(C(=O)c3ccc(Cl)cc3)CC2O)CC1. The predicted octanol–water partition coefficient (Wildman–Crippen LogP) is 3.40. The minimum atomic E-state index is -0.620. The number of halogens is 3. The van der Waals surface area contributed by atoms with Gasteiger partial charge in [0.15, 0.2) is 0 Å². The number of piperazine rings is 1. The lowest BCUT2D eigenvalue weighted by Gasteiger charge is -2.38. The number of likely N-dealkylation sites (tertiary alicyclic amines) is 1. The molecule has 1 N–H and O–H groups in total. The van der Waals surface area contributed by atoms with Crippen LogP contribution < -0.4 is 0 Å². The van der Waals surface area contributed by atoms with Crippen molar-refractivity contribution in [2.75, 3.05) is 39.3 Å². The van der Waals surface area contributed by atoms with E-state index in [4.69, 9.17) is 23.2 Å². The molecule has 2 aliphatic heterocycles. The van der Waals surface area contributed by atoms with Crippen LogP contribution in [0.15, 0.2) is 46.9 Å². The Bertz CT molecular complexity index is 980. The van der Waals surface area contributed by atoms with Gasteiger partial charge in [0.2, 0.25) is 0 Å². The molecule has 0 aromatic heterocycles. The van der Waals surface area contributed by atoms with E-state index in [1.165, 1.54) is 0 Å². The number of hydrogen-bond acceptors (Lipinski definition) is 4. The van der Waals surface area contributed by atoms with Crippen LogP contribution in [-0.2, 0) is 0 Å². The van der Waals surface area contributed by atoms with E-state index in [-0.39, 0.29) is 17.9 Å². The Morgan fingerprint density at radius 1 is 0.871 bits per heavy atom. The lowest BCUT2D eigenvalue weighted by atomic mass is 10.1. The van der Waals surface area contributed by atoms with E-state index >= 15 is 0 Å². The molecule has 0 aliphatic carbocycles. The molecule has 0 radical (unpaired) electrons. The van der Waals surface area contributed by atoms with Gasteiger partial charge < -0.3 is 14.9 Å². The average Bonchev–Trinajstić information content (AvgIpc) is 3.17. The largest absolute Gasteiger partial charge is 0.390 e. The molecular formula is C22H22BrCl2N3O3. The van der Waals surface area contributed by atoms with Gasteiger partial charge in [-0.2, -0.15) is 0 Å². The van der Waals surface area contributed by atoms with E-state index in [0.717, 1.165) is 0 Å². The van der Waals surface area contributed by atoms with Crippen molar-refractivity contribution in [1.29, 1.82) is 0 Å². The molecule has 0 saturated carbocycles. The van der Waals surface area contributed by atoms with Crippen molar-refractivity contribution >= 4 is 50.9 Å². The summed E-state index contributed by atoms with van der Waals surface area (Å²) in [6, 6.07) is 11.8. The van der Waals surface area contributed by atoms with Gasteiger partial charge in [-0.1, -0.05) is 23.2 Å². The molecular weight excluding hydrogens is 505 g/mol. The fraction of sp³-hybridized carbons (Fsp3) is 0.364. The quantitative estimate of drug-likeness (QED) is 0.665. The maximum Gasteiger partial charge on any atom is 0.253 e. The van der Waals surface area contributed by atoms with Gasteiger partial charge in [0.25, 0.3) is 11.8 Å². The number of nitrogens with zero attached hydrogens (tertiary/aromatic N) is 3. The number of carbonyl (C=O) groups excluding carboxylic acids is 2.